The number of nitrogens with one attached hydrogen (secondary N) is 1. The molecular formula is C21H24N2O6S. The van der Waals surface area contributed by atoms with Crippen LogP contribution in [-0.2, 0) is 21.4 Å². The quantitative estimate of drug-likeness (QED) is 0.754. The van der Waals surface area contributed by atoms with E-state index in [-0.39, 0.29) is 42.2 Å². The zero-order chi connectivity index (χ0) is 21.3. The fourth-order valence-electron chi connectivity index (χ4n) is 3.37. The summed E-state index contributed by atoms with van der Waals surface area (Å²) in [6.07, 6.45) is 1.82. The van der Waals surface area contributed by atoms with Crippen molar-refractivity contribution in [1.29, 1.82) is 0 Å². The molecule has 30 heavy (non-hydrogen) atoms. The van der Waals surface area contributed by atoms with Gasteiger partial charge in [-0.3, -0.25) is 4.79 Å². The lowest BCUT2D eigenvalue weighted by atomic mass is 10.1. The van der Waals surface area contributed by atoms with Gasteiger partial charge in [-0.2, -0.15) is 4.31 Å². The number of carbonyl (C=O) groups excluding carboxylic acids is 1. The summed E-state index contributed by atoms with van der Waals surface area (Å²) in [5, 5.41) is 2.89. The number of ether oxygens (including phenoxy) is 3. The number of methoxy groups -OCH3 is 2. The van der Waals surface area contributed by atoms with Crippen LogP contribution in [0.4, 0.5) is 5.69 Å². The van der Waals surface area contributed by atoms with Crippen molar-refractivity contribution in [2.24, 2.45) is 5.92 Å². The Morgan fingerprint density at radius 2 is 1.93 bits per heavy atom. The Labute approximate surface area is 175 Å². The van der Waals surface area contributed by atoms with Crippen LogP contribution in [0.5, 0.6) is 17.2 Å². The smallest absolute Gasteiger partial charge is 0.247 e. The second kappa shape index (κ2) is 8.16. The number of hydrogen-bond acceptors (Lipinski definition) is 6. The minimum absolute atomic E-state index is 0.00455. The Kier molecular flexibility index (Phi) is 5.57. The third-order valence-electron chi connectivity index (χ3n) is 5.21. The van der Waals surface area contributed by atoms with Gasteiger partial charge in [0.15, 0.2) is 0 Å². The molecule has 0 spiro atoms. The van der Waals surface area contributed by atoms with Crippen LogP contribution >= 0.6 is 0 Å². The molecule has 1 saturated carbocycles. The Bertz CT molecular complexity index is 1070. The number of nitrogens with zero attached hydrogens (tertiary/aromatic N) is 1. The number of sulfonamides is 1. The summed E-state index contributed by atoms with van der Waals surface area (Å²) < 4.78 is 44.4. The normalized spacial score (nSPS) is 16.7. The minimum Gasteiger partial charge on any atom is -0.497 e. The van der Waals surface area contributed by atoms with Crippen molar-refractivity contribution in [3.63, 3.8) is 0 Å². The fourth-order valence-corrected chi connectivity index (χ4v) is 4.94. The molecule has 1 fully saturated rings. The molecule has 0 bridgehead atoms. The van der Waals surface area contributed by atoms with Crippen molar-refractivity contribution in [2.75, 3.05) is 32.7 Å². The fraction of sp³-hybridized carbons (Fsp3) is 0.381. The molecule has 1 heterocycles. The molecule has 1 aliphatic carbocycles. The number of amides is 1. The van der Waals surface area contributed by atoms with Crippen LogP contribution in [0.15, 0.2) is 41.3 Å². The van der Waals surface area contributed by atoms with Gasteiger partial charge in [-0.1, -0.05) is 0 Å². The lowest BCUT2D eigenvalue weighted by Crippen LogP contribution is -2.32. The van der Waals surface area contributed by atoms with Crippen molar-refractivity contribution in [3.8, 4) is 17.2 Å². The molecule has 1 amide bonds. The molecule has 0 saturated heterocycles. The van der Waals surface area contributed by atoms with Crippen LogP contribution in [0.25, 0.3) is 0 Å². The molecule has 0 atom stereocenters. The summed E-state index contributed by atoms with van der Waals surface area (Å²) in [6.45, 7) is 0.513. The average molecular weight is 432 g/mol. The van der Waals surface area contributed by atoms with E-state index in [1.54, 1.807) is 30.3 Å². The van der Waals surface area contributed by atoms with Crippen LogP contribution in [0, 0.1) is 5.92 Å². The highest BCUT2D eigenvalue weighted by Crippen LogP contribution is 2.35. The van der Waals surface area contributed by atoms with Crippen molar-refractivity contribution in [2.45, 2.75) is 24.3 Å². The summed E-state index contributed by atoms with van der Waals surface area (Å²) in [7, 11) is -0.977. The highest BCUT2D eigenvalue weighted by Gasteiger charge is 2.32. The first-order valence-corrected chi connectivity index (χ1v) is 11.1. The molecular weight excluding hydrogens is 408 g/mol. The van der Waals surface area contributed by atoms with Crippen LogP contribution in [-0.4, -0.2) is 46.0 Å². The number of rotatable bonds is 6. The van der Waals surface area contributed by atoms with Gasteiger partial charge < -0.3 is 19.5 Å². The second-order valence-electron chi connectivity index (χ2n) is 7.29. The van der Waals surface area contributed by atoms with E-state index in [1.807, 2.05) is 0 Å². The van der Waals surface area contributed by atoms with E-state index in [1.165, 1.54) is 24.6 Å². The second-order valence-corrected chi connectivity index (χ2v) is 9.20. The van der Waals surface area contributed by atoms with Crippen LogP contribution in [0.1, 0.15) is 18.4 Å². The van der Waals surface area contributed by atoms with E-state index in [9.17, 15) is 13.2 Å². The Hall–Kier alpha value is -2.78. The van der Waals surface area contributed by atoms with E-state index < -0.39 is 10.0 Å². The maximum Gasteiger partial charge on any atom is 0.247 e. The lowest BCUT2D eigenvalue weighted by molar-refractivity contribution is -0.117. The largest absolute Gasteiger partial charge is 0.497 e. The predicted octanol–water partition coefficient (Wildman–Crippen LogP) is 2.64. The highest BCUT2D eigenvalue weighted by atomic mass is 32.2. The van der Waals surface area contributed by atoms with Crippen molar-refractivity contribution < 1.29 is 27.4 Å². The zero-order valence-electron chi connectivity index (χ0n) is 16.9. The first-order valence-electron chi connectivity index (χ1n) is 9.71. The molecule has 160 valence electrons. The van der Waals surface area contributed by atoms with Crippen molar-refractivity contribution in [1.82, 2.24) is 4.31 Å². The topological polar surface area (TPSA) is 94.2 Å². The van der Waals surface area contributed by atoms with Gasteiger partial charge in [0.25, 0.3) is 0 Å². The van der Waals surface area contributed by atoms with E-state index in [4.69, 9.17) is 14.2 Å². The third-order valence-corrected chi connectivity index (χ3v) is 7.08. The van der Waals surface area contributed by atoms with E-state index in [2.05, 4.69) is 5.32 Å². The molecule has 2 aromatic rings. The number of anilines is 1. The van der Waals surface area contributed by atoms with Crippen molar-refractivity contribution in [3.05, 3.63) is 42.0 Å². The van der Waals surface area contributed by atoms with Crippen LogP contribution in [0.2, 0.25) is 0 Å². The molecule has 2 aromatic carbocycles. The number of hydrogen-bond donors (Lipinski definition) is 1. The minimum atomic E-state index is -3.88. The van der Waals surface area contributed by atoms with Gasteiger partial charge >= 0.3 is 0 Å². The van der Waals surface area contributed by atoms with Gasteiger partial charge in [-0.25, -0.2) is 8.42 Å². The molecule has 0 aromatic heterocycles. The molecule has 1 aliphatic heterocycles. The van der Waals surface area contributed by atoms with Crippen LogP contribution < -0.4 is 19.5 Å². The Morgan fingerprint density at radius 1 is 1.13 bits per heavy atom. The Morgan fingerprint density at radius 3 is 2.63 bits per heavy atom. The van der Waals surface area contributed by atoms with E-state index in [0.717, 1.165) is 12.8 Å². The maximum atomic E-state index is 13.4. The van der Waals surface area contributed by atoms with Crippen molar-refractivity contribution >= 4 is 21.6 Å². The zero-order valence-corrected chi connectivity index (χ0v) is 17.7. The average Bonchev–Trinajstić information content (AvgIpc) is 3.59. The summed E-state index contributed by atoms with van der Waals surface area (Å²) in [5.74, 6) is 1.35. The molecule has 2 aliphatic rings. The standard InChI is InChI=1S/C21H24N2O6S/c1-27-17-6-8-19(28-2)20(12-17)30(25,26)23-9-10-29-18-7-5-16(11-15(18)13-23)22-21(24)14-3-4-14/h5-8,11-12,14H,3-4,9-10,13H2,1-2H3,(H,22,24). The van der Waals surface area contributed by atoms with Gasteiger partial charge in [0.2, 0.25) is 15.9 Å². The lowest BCUT2D eigenvalue weighted by Gasteiger charge is -2.21. The molecule has 0 unspecified atom stereocenters. The number of benzene rings is 2. The summed E-state index contributed by atoms with van der Waals surface area (Å²) in [4.78, 5) is 12.1. The molecule has 1 N–H and O–H groups in total. The first-order chi connectivity index (χ1) is 14.4. The number of carbonyl (C=O) groups is 1. The Balaban J connectivity index is 1.64. The molecule has 4 rings (SSSR count). The third kappa shape index (κ3) is 4.08. The van der Waals surface area contributed by atoms with Gasteiger partial charge in [0, 0.05) is 36.3 Å². The summed E-state index contributed by atoms with van der Waals surface area (Å²) in [6, 6.07) is 9.97. The highest BCUT2D eigenvalue weighted by molar-refractivity contribution is 7.89. The van der Waals surface area contributed by atoms with Gasteiger partial charge in [-0.15, -0.1) is 0 Å². The van der Waals surface area contributed by atoms with E-state index in [0.29, 0.717) is 22.7 Å². The van der Waals surface area contributed by atoms with Gasteiger partial charge in [-0.05, 0) is 43.2 Å². The molecule has 8 nitrogen and oxygen atoms in total. The monoisotopic (exact) mass is 432 g/mol. The van der Waals surface area contributed by atoms with E-state index >= 15 is 0 Å². The predicted molar refractivity (Wildman–Crippen MR) is 110 cm³/mol. The first kappa shape index (κ1) is 20.5. The van der Waals surface area contributed by atoms with Gasteiger partial charge in [0.1, 0.15) is 28.8 Å². The maximum absolute atomic E-state index is 13.4. The summed E-state index contributed by atoms with van der Waals surface area (Å²) in [5.41, 5.74) is 1.32. The summed E-state index contributed by atoms with van der Waals surface area (Å²) >= 11 is 0. The van der Waals surface area contributed by atoms with Gasteiger partial charge in [0.05, 0.1) is 14.2 Å². The van der Waals surface area contributed by atoms with Crippen LogP contribution in [0.3, 0.4) is 0 Å². The SMILES string of the molecule is COc1ccc(OC)c(S(=O)(=O)N2CCOc3ccc(NC(=O)C4CC4)cc3C2)c1. The molecule has 9 heteroatoms. The number of fused-ring (bicyclic) bond motifs is 1. The molecule has 0 radical (unpaired) electrons.